The number of hydrogen-bond donors (Lipinski definition) is 0. The first-order valence-corrected chi connectivity index (χ1v) is 8.25. The molecule has 0 fully saturated rings. The highest BCUT2D eigenvalue weighted by Gasteiger charge is 2.17. The SMILES string of the molecule is CCN(CC)c1nc(Cl)nc2scc(-c3ccccc3)c12. The monoisotopic (exact) mass is 317 g/mol. The number of halogens is 1. The first-order chi connectivity index (χ1) is 10.2. The van der Waals surface area contributed by atoms with Crippen LogP contribution in [0.3, 0.4) is 0 Å². The Labute approximate surface area is 133 Å². The maximum absolute atomic E-state index is 6.09. The van der Waals surface area contributed by atoms with E-state index in [1.54, 1.807) is 11.3 Å². The molecule has 0 unspecified atom stereocenters. The number of anilines is 1. The van der Waals surface area contributed by atoms with Gasteiger partial charge in [0, 0.05) is 24.0 Å². The molecule has 2 aromatic heterocycles. The third kappa shape index (κ3) is 2.61. The van der Waals surface area contributed by atoms with Crippen LogP contribution in [0.2, 0.25) is 5.28 Å². The molecule has 3 aromatic rings. The Kier molecular flexibility index (Phi) is 4.08. The van der Waals surface area contributed by atoms with E-state index in [0.29, 0.717) is 5.28 Å². The Morgan fingerprint density at radius 1 is 1.10 bits per heavy atom. The summed E-state index contributed by atoms with van der Waals surface area (Å²) in [5, 5.41) is 3.54. The molecule has 0 aliphatic carbocycles. The smallest absolute Gasteiger partial charge is 0.225 e. The standard InChI is InChI=1S/C16H16ClN3S/c1-3-20(4-2)14-13-12(11-8-6-5-7-9-11)10-21-15(13)19-16(17)18-14/h5-10H,3-4H2,1-2H3. The van der Waals surface area contributed by atoms with E-state index in [2.05, 4.69) is 46.2 Å². The highest BCUT2D eigenvalue weighted by Crippen LogP contribution is 2.38. The summed E-state index contributed by atoms with van der Waals surface area (Å²) in [4.78, 5) is 12.0. The maximum Gasteiger partial charge on any atom is 0.225 e. The van der Waals surface area contributed by atoms with Gasteiger partial charge in [-0.05, 0) is 31.0 Å². The number of benzene rings is 1. The fourth-order valence-corrected chi connectivity index (χ4v) is 3.64. The molecule has 0 saturated heterocycles. The second-order valence-corrected chi connectivity index (χ2v) is 5.88. The van der Waals surface area contributed by atoms with Crippen LogP contribution in [0, 0.1) is 0 Å². The fraction of sp³-hybridized carbons (Fsp3) is 0.250. The van der Waals surface area contributed by atoms with Gasteiger partial charge in [0.1, 0.15) is 10.6 Å². The summed E-state index contributed by atoms with van der Waals surface area (Å²) >= 11 is 7.71. The lowest BCUT2D eigenvalue weighted by molar-refractivity contribution is 0.849. The summed E-state index contributed by atoms with van der Waals surface area (Å²) in [6.07, 6.45) is 0. The predicted molar refractivity (Wildman–Crippen MR) is 91.4 cm³/mol. The second kappa shape index (κ2) is 6.00. The molecule has 0 N–H and O–H groups in total. The molecule has 108 valence electrons. The van der Waals surface area contributed by atoms with Gasteiger partial charge in [0.05, 0.1) is 5.39 Å². The average molecular weight is 318 g/mol. The Balaban J connectivity index is 2.28. The second-order valence-electron chi connectivity index (χ2n) is 4.68. The van der Waals surface area contributed by atoms with Crippen LogP contribution in [0.4, 0.5) is 5.82 Å². The Morgan fingerprint density at radius 2 is 1.81 bits per heavy atom. The van der Waals surface area contributed by atoms with Crippen LogP contribution in [-0.4, -0.2) is 23.1 Å². The van der Waals surface area contributed by atoms with Crippen LogP contribution in [0.25, 0.3) is 21.3 Å². The Morgan fingerprint density at radius 3 is 2.48 bits per heavy atom. The largest absolute Gasteiger partial charge is 0.356 e. The lowest BCUT2D eigenvalue weighted by Gasteiger charge is -2.21. The van der Waals surface area contributed by atoms with Gasteiger partial charge in [-0.1, -0.05) is 30.3 Å². The summed E-state index contributed by atoms with van der Waals surface area (Å²) in [7, 11) is 0. The zero-order valence-corrected chi connectivity index (χ0v) is 13.6. The lowest BCUT2D eigenvalue weighted by Crippen LogP contribution is -2.23. The number of rotatable bonds is 4. The maximum atomic E-state index is 6.09. The Bertz CT molecular complexity index is 751. The van der Waals surface area contributed by atoms with Gasteiger partial charge in [-0.25, -0.2) is 4.98 Å². The average Bonchev–Trinajstić information content (AvgIpc) is 2.93. The number of thiophene rings is 1. The zero-order valence-electron chi connectivity index (χ0n) is 12.0. The van der Waals surface area contributed by atoms with Gasteiger partial charge in [0.2, 0.25) is 5.28 Å². The van der Waals surface area contributed by atoms with Crippen LogP contribution in [0.15, 0.2) is 35.7 Å². The van der Waals surface area contributed by atoms with E-state index in [4.69, 9.17) is 11.6 Å². The molecule has 3 rings (SSSR count). The van der Waals surface area contributed by atoms with Gasteiger partial charge in [-0.15, -0.1) is 11.3 Å². The van der Waals surface area contributed by atoms with Crippen LogP contribution in [0.5, 0.6) is 0 Å². The van der Waals surface area contributed by atoms with E-state index < -0.39 is 0 Å². The molecule has 0 atom stereocenters. The summed E-state index contributed by atoms with van der Waals surface area (Å²) < 4.78 is 0. The van der Waals surface area contributed by atoms with E-state index in [-0.39, 0.29) is 0 Å². The topological polar surface area (TPSA) is 29.0 Å². The molecule has 1 aromatic carbocycles. The van der Waals surface area contributed by atoms with Gasteiger partial charge in [-0.3, -0.25) is 0 Å². The summed E-state index contributed by atoms with van der Waals surface area (Å²) in [6.45, 7) is 6.03. The van der Waals surface area contributed by atoms with Crippen molar-refractivity contribution in [2.45, 2.75) is 13.8 Å². The first kappa shape index (κ1) is 14.3. The van der Waals surface area contributed by atoms with E-state index in [9.17, 15) is 0 Å². The molecular formula is C16H16ClN3S. The molecule has 0 aliphatic rings. The minimum Gasteiger partial charge on any atom is -0.356 e. The van der Waals surface area contributed by atoms with Gasteiger partial charge < -0.3 is 4.90 Å². The van der Waals surface area contributed by atoms with E-state index in [1.807, 2.05) is 18.2 Å². The number of hydrogen-bond acceptors (Lipinski definition) is 4. The number of aromatic nitrogens is 2. The van der Waals surface area contributed by atoms with Crippen molar-refractivity contribution in [2.75, 3.05) is 18.0 Å². The van der Waals surface area contributed by atoms with E-state index in [0.717, 1.165) is 29.1 Å². The summed E-state index contributed by atoms with van der Waals surface area (Å²) in [5.41, 5.74) is 2.36. The van der Waals surface area contributed by atoms with Crippen molar-refractivity contribution < 1.29 is 0 Å². The molecule has 2 heterocycles. The van der Waals surface area contributed by atoms with Crippen molar-refractivity contribution in [3.05, 3.63) is 41.0 Å². The van der Waals surface area contributed by atoms with Crippen molar-refractivity contribution in [1.82, 2.24) is 9.97 Å². The van der Waals surface area contributed by atoms with Gasteiger partial charge in [-0.2, -0.15) is 4.98 Å². The molecule has 3 nitrogen and oxygen atoms in total. The van der Waals surface area contributed by atoms with Crippen molar-refractivity contribution in [1.29, 1.82) is 0 Å². The van der Waals surface area contributed by atoms with Crippen LogP contribution >= 0.6 is 22.9 Å². The molecule has 0 aliphatic heterocycles. The van der Waals surface area contributed by atoms with E-state index in [1.165, 1.54) is 11.1 Å². The highest BCUT2D eigenvalue weighted by atomic mass is 35.5. The summed E-state index contributed by atoms with van der Waals surface area (Å²) in [6, 6.07) is 10.3. The van der Waals surface area contributed by atoms with Crippen molar-refractivity contribution in [3.8, 4) is 11.1 Å². The molecule has 0 amide bonds. The highest BCUT2D eigenvalue weighted by molar-refractivity contribution is 7.17. The number of fused-ring (bicyclic) bond motifs is 1. The molecule has 5 heteroatoms. The molecular weight excluding hydrogens is 302 g/mol. The third-order valence-corrected chi connectivity index (χ3v) is 4.58. The van der Waals surface area contributed by atoms with Crippen molar-refractivity contribution in [3.63, 3.8) is 0 Å². The van der Waals surface area contributed by atoms with Crippen molar-refractivity contribution >= 4 is 39.0 Å². The van der Waals surface area contributed by atoms with Crippen LogP contribution in [-0.2, 0) is 0 Å². The molecule has 0 radical (unpaired) electrons. The normalized spacial score (nSPS) is 11.0. The zero-order chi connectivity index (χ0) is 14.8. The molecule has 0 bridgehead atoms. The van der Waals surface area contributed by atoms with Crippen LogP contribution < -0.4 is 4.90 Å². The predicted octanol–water partition coefficient (Wildman–Crippen LogP) is 4.86. The van der Waals surface area contributed by atoms with Gasteiger partial charge >= 0.3 is 0 Å². The summed E-state index contributed by atoms with van der Waals surface area (Å²) in [5.74, 6) is 0.926. The molecule has 0 saturated carbocycles. The van der Waals surface area contributed by atoms with Gasteiger partial charge in [0.15, 0.2) is 0 Å². The molecule has 0 spiro atoms. The lowest BCUT2D eigenvalue weighted by atomic mass is 10.1. The van der Waals surface area contributed by atoms with Gasteiger partial charge in [0.25, 0.3) is 0 Å². The number of nitrogens with zero attached hydrogens (tertiary/aromatic N) is 3. The van der Waals surface area contributed by atoms with Crippen molar-refractivity contribution in [2.24, 2.45) is 0 Å². The minimum atomic E-state index is 0.311. The fourth-order valence-electron chi connectivity index (χ4n) is 2.48. The Hall–Kier alpha value is -1.65. The van der Waals surface area contributed by atoms with E-state index >= 15 is 0 Å². The first-order valence-electron chi connectivity index (χ1n) is 6.99. The minimum absolute atomic E-state index is 0.311. The molecule has 21 heavy (non-hydrogen) atoms. The third-order valence-electron chi connectivity index (χ3n) is 3.53. The van der Waals surface area contributed by atoms with Crippen LogP contribution in [0.1, 0.15) is 13.8 Å². The quantitative estimate of drug-likeness (QED) is 0.644.